The van der Waals surface area contributed by atoms with Gasteiger partial charge in [0.1, 0.15) is 5.76 Å². The van der Waals surface area contributed by atoms with Crippen LogP contribution in [0, 0.1) is 13.8 Å². The van der Waals surface area contributed by atoms with Gasteiger partial charge in [0.05, 0.1) is 11.3 Å². The number of aromatic nitrogens is 1. The van der Waals surface area contributed by atoms with Gasteiger partial charge in [0.15, 0.2) is 0 Å². The average molecular weight is 450 g/mol. The van der Waals surface area contributed by atoms with E-state index >= 15 is 0 Å². The summed E-state index contributed by atoms with van der Waals surface area (Å²) in [5.41, 5.74) is 5.19. The second-order valence-electron chi connectivity index (χ2n) is 8.38. The van der Waals surface area contributed by atoms with Crippen LogP contribution in [0.5, 0.6) is 0 Å². The summed E-state index contributed by atoms with van der Waals surface area (Å²) in [6.45, 7) is 7.69. The molecule has 1 aliphatic rings. The highest BCUT2D eigenvalue weighted by molar-refractivity contribution is 7.98. The predicted octanol–water partition coefficient (Wildman–Crippen LogP) is 5.50. The first-order chi connectivity index (χ1) is 15.6. The number of amides is 1. The van der Waals surface area contributed by atoms with E-state index in [0.29, 0.717) is 12.1 Å². The smallest absolute Gasteiger partial charge is 0.252 e. The van der Waals surface area contributed by atoms with Crippen LogP contribution >= 0.6 is 11.8 Å². The Morgan fingerprint density at radius 1 is 1.03 bits per heavy atom. The van der Waals surface area contributed by atoms with E-state index in [-0.39, 0.29) is 5.91 Å². The lowest BCUT2D eigenvalue weighted by molar-refractivity contribution is 0.0947. The molecule has 0 unspecified atom stereocenters. The Hall–Kier alpha value is -2.57. The summed E-state index contributed by atoms with van der Waals surface area (Å²) in [6, 6.07) is 16.2. The Labute approximate surface area is 194 Å². The molecule has 0 radical (unpaired) electrons. The van der Waals surface area contributed by atoms with Gasteiger partial charge in [0.2, 0.25) is 0 Å². The molecule has 1 amide bonds. The van der Waals surface area contributed by atoms with Crippen molar-refractivity contribution in [3.05, 3.63) is 82.2 Å². The molecule has 3 aromatic rings. The number of carbonyl (C=O) groups is 1. The number of nitrogens with zero attached hydrogens (tertiary/aromatic N) is 2. The fourth-order valence-corrected chi connectivity index (χ4v) is 5.35. The standard InChI is InChI=1S/C26H31N3O2S/c1-19-24(20(2)31-28-19)18-32-25-13-7-6-12-23(25)26(30)27-16-21-10-4-5-11-22(21)17-29-14-8-3-9-15-29/h4-7,10-13H,3,8-9,14-18H2,1-2H3,(H,27,30). The first-order valence-corrected chi connectivity index (χ1v) is 12.3. The minimum atomic E-state index is -0.0420. The summed E-state index contributed by atoms with van der Waals surface area (Å²) in [5, 5.41) is 7.18. The van der Waals surface area contributed by atoms with Crippen LogP contribution in [0.4, 0.5) is 0 Å². The maximum atomic E-state index is 13.1. The van der Waals surface area contributed by atoms with Gasteiger partial charge in [-0.1, -0.05) is 48.0 Å². The summed E-state index contributed by atoms with van der Waals surface area (Å²) >= 11 is 1.64. The molecule has 0 spiro atoms. The zero-order valence-electron chi connectivity index (χ0n) is 18.9. The Balaban J connectivity index is 1.41. The van der Waals surface area contributed by atoms with E-state index in [0.717, 1.165) is 47.3 Å². The van der Waals surface area contributed by atoms with Gasteiger partial charge in [-0.3, -0.25) is 9.69 Å². The van der Waals surface area contributed by atoms with Crippen molar-refractivity contribution in [1.82, 2.24) is 15.4 Å². The van der Waals surface area contributed by atoms with E-state index in [2.05, 4.69) is 39.6 Å². The highest BCUT2D eigenvalue weighted by Gasteiger charge is 2.16. The molecule has 2 aromatic carbocycles. The molecular formula is C26H31N3O2S. The van der Waals surface area contributed by atoms with Crippen molar-refractivity contribution < 1.29 is 9.32 Å². The lowest BCUT2D eigenvalue weighted by Crippen LogP contribution is -2.30. The SMILES string of the molecule is Cc1noc(C)c1CSc1ccccc1C(=O)NCc1ccccc1CN1CCCCC1. The van der Waals surface area contributed by atoms with Crippen molar-refractivity contribution >= 4 is 17.7 Å². The molecule has 0 bridgehead atoms. The van der Waals surface area contributed by atoms with Crippen LogP contribution in [0.25, 0.3) is 0 Å². The van der Waals surface area contributed by atoms with Crippen molar-refractivity contribution in [2.24, 2.45) is 0 Å². The Morgan fingerprint density at radius 3 is 2.50 bits per heavy atom. The molecule has 32 heavy (non-hydrogen) atoms. The molecule has 0 atom stereocenters. The van der Waals surface area contributed by atoms with Gasteiger partial charge in [-0.15, -0.1) is 11.8 Å². The molecule has 168 valence electrons. The van der Waals surface area contributed by atoms with Gasteiger partial charge >= 0.3 is 0 Å². The number of hydrogen-bond donors (Lipinski definition) is 1. The lowest BCUT2D eigenvalue weighted by atomic mass is 10.0. The van der Waals surface area contributed by atoms with Crippen LogP contribution in [-0.4, -0.2) is 29.1 Å². The van der Waals surface area contributed by atoms with E-state index in [9.17, 15) is 4.79 Å². The fraction of sp³-hybridized carbons (Fsp3) is 0.385. The number of aryl methyl sites for hydroxylation is 2. The fourth-order valence-electron chi connectivity index (χ4n) is 4.15. The molecule has 1 fully saturated rings. The number of benzene rings is 2. The van der Waals surface area contributed by atoms with Gasteiger partial charge in [-0.25, -0.2) is 0 Å². The van der Waals surface area contributed by atoms with Gasteiger partial charge < -0.3 is 9.84 Å². The number of piperidine rings is 1. The quantitative estimate of drug-likeness (QED) is 0.460. The van der Waals surface area contributed by atoms with Gasteiger partial charge in [-0.2, -0.15) is 0 Å². The summed E-state index contributed by atoms with van der Waals surface area (Å²) in [5.74, 6) is 1.52. The van der Waals surface area contributed by atoms with Crippen molar-refractivity contribution in [3.8, 4) is 0 Å². The number of likely N-dealkylation sites (tertiary alicyclic amines) is 1. The minimum absolute atomic E-state index is 0.0420. The van der Waals surface area contributed by atoms with E-state index < -0.39 is 0 Å². The second-order valence-corrected chi connectivity index (χ2v) is 9.39. The summed E-state index contributed by atoms with van der Waals surface area (Å²) in [6.07, 6.45) is 3.89. The molecular weight excluding hydrogens is 418 g/mol. The van der Waals surface area contributed by atoms with Crippen LogP contribution in [0.3, 0.4) is 0 Å². The number of nitrogens with one attached hydrogen (secondary N) is 1. The minimum Gasteiger partial charge on any atom is -0.361 e. The average Bonchev–Trinajstić information content (AvgIpc) is 3.15. The third-order valence-corrected chi connectivity index (χ3v) is 7.19. The summed E-state index contributed by atoms with van der Waals surface area (Å²) < 4.78 is 5.27. The molecule has 4 rings (SSSR count). The van der Waals surface area contributed by atoms with Gasteiger partial charge in [0.25, 0.3) is 5.91 Å². The third kappa shape index (κ3) is 5.61. The maximum absolute atomic E-state index is 13.1. The zero-order chi connectivity index (χ0) is 22.3. The largest absolute Gasteiger partial charge is 0.361 e. The number of rotatable bonds is 8. The first-order valence-electron chi connectivity index (χ1n) is 11.3. The number of thioether (sulfide) groups is 1. The monoisotopic (exact) mass is 449 g/mol. The van der Waals surface area contributed by atoms with E-state index in [1.807, 2.05) is 38.1 Å². The van der Waals surface area contributed by atoms with Crippen LogP contribution < -0.4 is 5.32 Å². The van der Waals surface area contributed by atoms with Crippen LogP contribution in [-0.2, 0) is 18.8 Å². The molecule has 1 aromatic heterocycles. The van der Waals surface area contributed by atoms with Crippen molar-refractivity contribution in [1.29, 1.82) is 0 Å². The molecule has 0 saturated carbocycles. The van der Waals surface area contributed by atoms with Crippen molar-refractivity contribution in [2.45, 2.75) is 56.8 Å². The van der Waals surface area contributed by atoms with Crippen LogP contribution in [0.15, 0.2) is 57.9 Å². The summed E-state index contributed by atoms with van der Waals surface area (Å²) in [4.78, 5) is 16.6. The van der Waals surface area contributed by atoms with Gasteiger partial charge in [0, 0.05) is 29.3 Å². The molecule has 0 aliphatic carbocycles. The van der Waals surface area contributed by atoms with Crippen molar-refractivity contribution in [3.63, 3.8) is 0 Å². The van der Waals surface area contributed by atoms with Gasteiger partial charge in [-0.05, 0) is 63.0 Å². The second kappa shape index (κ2) is 10.8. The zero-order valence-corrected chi connectivity index (χ0v) is 19.7. The number of carbonyl (C=O) groups excluding carboxylic acids is 1. The Morgan fingerprint density at radius 2 is 1.75 bits per heavy atom. The van der Waals surface area contributed by atoms with Crippen LogP contribution in [0.2, 0.25) is 0 Å². The lowest BCUT2D eigenvalue weighted by Gasteiger charge is -2.27. The predicted molar refractivity (Wildman–Crippen MR) is 129 cm³/mol. The topological polar surface area (TPSA) is 58.4 Å². The molecule has 5 nitrogen and oxygen atoms in total. The highest BCUT2D eigenvalue weighted by atomic mass is 32.2. The maximum Gasteiger partial charge on any atom is 0.252 e. The number of hydrogen-bond acceptors (Lipinski definition) is 5. The summed E-state index contributed by atoms with van der Waals surface area (Å²) in [7, 11) is 0. The Bertz CT molecular complexity index is 1040. The first kappa shape index (κ1) is 22.6. The molecule has 1 aliphatic heterocycles. The van der Waals surface area contributed by atoms with Crippen molar-refractivity contribution in [2.75, 3.05) is 13.1 Å². The van der Waals surface area contributed by atoms with E-state index in [4.69, 9.17) is 4.52 Å². The van der Waals surface area contributed by atoms with Crippen LogP contribution in [0.1, 0.15) is 57.8 Å². The normalized spacial score (nSPS) is 14.4. The molecule has 2 heterocycles. The molecule has 1 saturated heterocycles. The highest BCUT2D eigenvalue weighted by Crippen LogP contribution is 2.29. The van der Waals surface area contributed by atoms with E-state index in [1.165, 1.54) is 30.4 Å². The third-order valence-electron chi connectivity index (χ3n) is 6.09. The Kier molecular flexibility index (Phi) is 7.66. The molecule has 1 N–H and O–H groups in total. The van der Waals surface area contributed by atoms with E-state index in [1.54, 1.807) is 11.8 Å². The molecule has 6 heteroatoms.